The SMILES string of the molecule is C#CCNc1cccc(S(N)(=O)=O)c1[N+](=O)[O-]. The summed E-state index contributed by atoms with van der Waals surface area (Å²) in [6, 6.07) is 3.75. The van der Waals surface area contributed by atoms with E-state index >= 15 is 0 Å². The van der Waals surface area contributed by atoms with E-state index in [9.17, 15) is 18.5 Å². The van der Waals surface area contributed by atoms with Crippen molar-refractivity contribution >= 4 is 21.4 Å². The molecule has 0 atom stereocenters. The Kier molecular flexibility index (Phi) is 3.67. The number of nitro benzene ring substituents is 1. The zero-order chi connectivity index (χ0) is 13.1. The normalized spacial score (nSPS) is 10.6. The molecule has 0 saturated heterocycles. The summed E-state index contributed by atoms with van der Waals surface area (Å²) < 4.78 is 22.4. The van der Waals surface area contributed by atoms with Gasteiger partial charge in [-0.1, -0.05) is 12.0 Å². The average molecular weight is 255 g/mol. The maximum atomic E-state index is 11.2. The minimum atomic E-state index is -4.16. The Hall–Kier alpha value is -2.11. The number of anilines is 1. The number of benzene rings is 1. The minimum absolute atomic E-state index is 0.0134. The molecule has 0 aliphatic carbocycles. The van der Waals surface area contributed by atoms with E-state index in [1.54, 1.807) is 0 Å². The fourth-order valence-corrected chi connectivity index (χ4v) is 1.95. The Bertz CT molecular complexity index is 589. The summed E-state index contributed by atoms with van der Waals surface area (Å²) in [5, 5.41) is 18.3. The Morgan fingerprint density at radius 1 is 1.53 bits per heavy atom. The van der Waals surface area contributed by atoms with Crippen molar-refractivity contribution in [2.45, 2.75) is 4.90 Å². The van der Waals surface area contributed by atoms with Crippen LogP contribution in [0.3, 0.4) is 0 Å². The first-order valence-electron chi connectivity index (χ1n) is 4.35. The number of sulfonamides is 1. The quantitative estimate of drug-likeness (QED) is 0.455. The molecular weight excluding hydrogens is 246 g/mol. The average Bonchev–Trinajstić information content (AvgIpc) is 2.24. The molecule has 0 unspecified atom stereocenters. The van der Waals surface area contributed by atoms with Crippen LogP contribution in [0.4, 0.5) is 11.4 Å². The summed E-state index contributed by atoms with van der Waals surface area (Å²) in [7, 11) is -4.16. The van der Waals surface area contributed by atoms with E-state index in [0.29, 0.717) is 0 Å². The minimum Gasteiger partial charge on any atom is -0.369 e. The fraction of sp³-hybridized carbons (Fsp3) is 0.111. The Morgan fingerprint density at radius 3 is 2.65 bits per heavy atom. The van der Waals surface area contributed by atoms with Crippen LogP contribution in [-0.4, -0.2) is 19.9 Å². The highest BCUT2D eigenvalue weighted by Crippen LogP contribution is 2.30. The second kappa shape index (κ2) is 4.82. The lowest BCUT2D eigenvalue weighted by molar-refractivity contribution is -0.386. The van der Waals surface area contributed by atoms with Crippen LogP contribution >= 0.6 is 0 Å². The summed E-state index contributed by atoms with van der Waals surface area (Å²) in [6.07, 6.45) is 5.00. The van der Waals surface area contributed by atoms with Gasteiger partial charge in [-0.25, -0.2) is 13.6 Å². The van der Waals surface area contributed by atoms with Crippen molar-refractivity contribution in [2.75, 3.05) is 11.9 Å². The zero-order valence-electron chi connectivity index (χ0n) is 8.58. The van der Waals surface area contributed by atoms with Gasteiger partial charge in [-0.05, 0) is 12.1 Å². The Labute approximate surface area is 97.8 Å². The number of rotatable bonds is 4. The molecule has 0 saturated carbocycles. The van der Waals surface area contributed by atoms with Crippen LogP contribution < -0.4 is 10.5 Å². The molecule has 0 aliphatic heterocycles. The van der Waals surface area contributed by atoms with Crippen LogP contribution in [-0.2, 0) is 10.0 Å². The van der Waals surface area contributed by atoms with Crippen molar-refractivity contribution in [3.05, 3.63) is 28.3 Å². The number of para-hydroxylation sites is 1. The van der Waals surface area contributed by atoms with Crippen molar-refractivity contribution in [3.63, 3.8) is 0 Å². The first-order valence-corrected chi connectivity index (χ1v) is 5.90. The molecule has 17 heavy (non-hydrogen) atoms. The van der Waals surface area contributed by atoms with Crippen molar-refractivity contribution < 1.29 is 13.3 Å². The van der Waals surface area contributed by atoms with Gasteiger partial charge < -0.3 is 5.32 Å². The van der Waals surface area contributed by atoms with Crippen molar-refractivity contribution in [1.29, 1.82) is 0 Å². The van der Waals surface area contributed by atoms with E-state index in [0.717, 1.165) is 6.07 Å². The van der Waals surface area contributed by atoms with Gasteiger partial charge in [-0.2, -0.15) is 0 Å². The second-order valence-corrected chi connectivity index (χ2v) is 4.54. The van der Waals surface area contributed by atoms with E-state index < -0.39 is 25.5 Å². The number of hydrogen-bond donors (Lipinski definition) is 2. The lowest BCUT2D eigenvalue weighted by Gasteiger charge is -2.06. The van der Waals surface area contributed by atoms with E-state index in [4.69, 9.17) is 11.6 Å². The Morgan fingerprint density at radius 2 is 2.18 bits per heavy atom. The standard InChI is InChI=1S/C9H9N3O4S/c1-2-6-11-7-4-3-5-8(17(10,15)16)9(7)12(13)14/h1,3-5,11H,6H2,(H2,10,15,16). The second-order valence-electron chi connectivity index (χ2n) is 3.01. The highest BCUT2D eigenvalue weighted by atomic mass is 32.2. The molecule has 3 N–H and O–H groups in total. The molecule has 0 aliphatic rings. The number of primary sulfonamides is 1. The number of nitro groups is 1. The number of hydrogen-bond acceptors (Lipinski definition) is 5. The van der Waals surface area contributed by atoms with Gasteiger partial charge in [0.2, 0.25) is 10.0 Å². The predicted octanol–water partition coefficient (Wildman–Crippen LogP) is 0.287. The molecule has 8 heteroatoms. The van der Waals surface area contributed by atoms with Crippen LogP contribution in [0, 0.1) is 22.5 Å². The van der Waals surface area contributed by atoms with Crippen LogP contribution in [0.1, 0.15) is 0 Å². The number of nitrogens with two attached hydrogens (primary N) is 1. The molecule has 7 nitrogen and oxygen atoms in total. The summed E-state index contributed by atoms with van der Waals surface area (Å²) in [4.78, 5) is 9.47. The topological polar surface area (TPSA) is 115 Å². The van der Waals surface area contributed by atoms with E-state index in [2.05, 4.69) is 11.2 Å². The third-order valence-electron chi connectivity index (χ3n) is 1.87. The van der Waals surface area contributed by atoms with Gasteiger partial charge in [0.15, 0.2) is 4.90 Å². The Balaban J connectivity index is 3.44. The highest BCUT2D eigenvalue weighted by molar-refractivity contribution is 7.89. The van der Waals surface area contributed by atoms with Gasteiger partial charge >= 0.3 is 5.69 Å². The van der Waals surface area contributed by atoms with Crippen LogP contribution in [0.15, 0.2) is 23.1 Å². The summed E-state index contributed by atoms with van der Waals surface area (Å²) in [5.41, 5.74) is -0.593. The molecule has 1 aromatic carbocycles. The number of nitrogens with zero attached hydrogens (tertiary/aromatic N) is 1. The molecule has 0 spiro atoms. The smallest absolute Gasteiger partial charge is 0.312 e. The maximum absolute atomic E-state index is 11.2. The van der Waals surface area contributed by atoms with Gasteiger partial charge in [-0.3, -0.25) is 10.1 Å². The predicted molar refractivity (Wildman–Crippen MR) is 61.8 cm³/mol. The third kappa shape index (κ3) is 2.93. The first-order chi connectivity index (χ1) is 7.88. The highest BCUT2D eigenvalue weighted by Gasteiger charge is 2.26. The molecule has 0 fully saturated rings. The molecule has 0 amide bonds. The van der Waals surface area contributed by atoms with Gasteiger partial charge in [0, 0.05) is 0 Å². The monoisotopic (exact) mass is 255 g/mol. The first kappa shape index (κ1) is 13.0. The molecule has 0 heterocycles. The molecule has 1 aromatic rings. The number of nitrogens with one attached hydrogen (secondary N) is 1. The van der Waals surface area contributed by atoms with Crippen molar-refractivity contribution in [3.8, 4) is 12.3 Å². The van der Waals surface area contributed by atoms with Crippen LogP contribution in [0.5, 0.6) is 0 Å². The van der Waals surface area contributed by atoms with E-state index in [1.165, 1.54) is 12.1 Å². The van der Waals surface area contributed by atoms with Crippen LogP contribution in [0.25, 0.3) is 0 Å². The van der Waals surface area contributed by atoms with Gasteiger partial charge in [0.05, 0.1) is 11.5 Å². The third-order valence-corrected chi connectivity index (χ3v) is 2.81. The van der Waals surface area contributed by atoms with Gasteiger partial charge in [0.1, 0.15) is 5.69 Å². The summed E-state index contributed by atoms with van der Waals surface area (Å²) in [6.45, 7) is 0.0366. The summed E-state index contributed by atoms with van der Waals surface area (Å²) >= 11 is 0. The molecule has 0 radical (unpaired) electrons. The molecular formula is C9H9N3O4S. The summed E-state index contributed by atoms with van der Waals surface area (Å²) in [5.74, 6) is 2.23. The largest absolute Gasteiger partial charge is 0.369 e. The van der Waals surface area contributed by atoms with Gasteiger partial charge in [0.25, 0.3) is 0 Å². The number of terminal acetylenes is 1. The molecule has 0 bridgehead atoms. The molecule has 0 aromatic heterocycles. The van der Waals surface area contributed by atoms with Crippen molar-refractivity contribution in [1.82, 2.24) is 0 Å². The lowest BCUT2D eigenvalue weighted by atomic mass is 10.2. The molecule has 1 rings (SSSR count). The fourth-order valence-electron chi connectivity index (χ4n) is 1.23. The lowest BCUT2D eigenvalue weighted by Crippen LogP contribution is -2.15. The molecule has 90 valence electrons. The van der Waals surface area contributed by atoms with E-state index in [-0.39, 0.29) is 12.2 Å². The van der Waals surface area contributed by atoms with Gasteiger partial charge in [-0.15, -0.1) is 6.42 Å². The van der Waals surface area contributed by atoms with Crippen LogP contribution in [0.2, 0.25) is 0 Å². The van der Waals surface area contributed by atoms with E-state index in [1.807, 2.05) is 0 Å². The van der Waals surface area contributed by atoms with Crippen molar-refractivity contribution in [2.24, 2.45) is 5.14 Å². The zero-order valence-corrected chi connectivity index (χ0v) is 9.40. The maximum Gasteiger partial charge on any atom is 0.312 e.